The summed E-state index contributed by atoms with van der Waals surface area (Å²) in [6.45, 7) is 4.07. The molecule has 1 unspecified atom stereocenters. The van der Waals surface area contributed by atoms with Gasteiger partial charge in [-0.05, 0) is 31.0 Å². The topological polar surface area (TPSA) is 98.2 Å². The zero-order valence-corrected chi connectivity index (χ0v) is 11.4. The van der Waals surface area contributed by atoms with Crippen LogP contribution in [0.3, 0.4) is 0 Å². The molecule has 0 spiro atoms. The van der Waals surface area contributed by atoms with Gasteiger partial charge in [0.1, 0.15) is 0 Å². The summed E-state index contributed by atoms with van der Waals surface area (Å²) in [4.78, 5) is 22.9. The molecule has 0 fully saturated rings. The smallest absolute Gasteiger partial charge is 0.231 e. The molecule has 1 aromatic carbocycles. The van der Waals surface area contributed by atoms with Gasteiger partial charge in [0.05, 0.1) is 11.8 Å². The SMILES string of the molecule is CCC(C)(CN)C(=O)Nc1ccc(CC(N)=O)cc1. The van der Waals surface area contributed by atoms with Gasteiger partial charge in [-0.2, -0.15) is 0 Å². The van der Waals surface area contributed by atoms with Crippen molar-refractivity contribution in [3.8, 4) is 0 Å². The second kappa shape index (κ2) is 6.33. The van der Waals surface area contributed by atoms with Crippen LogP contribution < -0.4 is 16.8 Å². The van der Waals surface area contributed by atoms with Crippen molar-refractivity contribution >= 4 is 17.5 Å². The maximum atomic E-state index is 12.1. The quantitative estimate of drug-likeness (QED) is 0.714. The molecule has 104 valence electrons. The molecular weight excluding hydrogens is 242 g/mol. The number of carbonyl (C=O) groups excluding carboxylic acids is 2. The van der Waals surface area contributed by atoms with E-state index >= 15 is 0 Å². The van der Waals surface area contributed by atoms with Crippen LogP contribution in [-0.2, 0) is 16.0 Å². The summed E-state index contributed by atoms with van der Waals surface area (Å²) >= 11 is 0. The molecule has 0 aliphatic rings. The fourth-order valence-electron chi connectivity index (χ4n) is 1.59. The molecule has 0 bridgehead atoms. The molecule has 0 heterocycles. The number of carbonyl (C=O) groups is 2. The fourth-order valence-corrected chi connectivity index (χ4v) is 1.59. The normalized spacial score (nSPS) is 13.6. The lowest BCUT2D eigenvalue weighted by molar-refractivity contribution is -0.124. The Bertz CT molecular complexity index is 450. The Labute approximate surface area is 113 Å². The van der Waals surface area contributed by atoms with E-state index in [-0.39, 0.29) is 18.2 Å². The van der Waals surface area contributed by atoms with Gasteiger partial charge in [0.2, 0.25) is 11.8 Å². The molecule has 0 aromatic heterocycles. The second-order valence-corrected chi connectivity index (χ2v) is 4.91. The van der Waals surface area contributed by atoms with Gasteiger partial charge in [0, 0.05) is 12.2 Å². The van der Waals surface area contributed by atoms with Crippen molar-refractivity contribution in [3.05, 3.63) is 29.8 Å². The molecule has 0 saturated carbocycles. The molecule has 5 N–H and O–H groups in total. The maximum Gasteiger partial charge on any atom is 0.231 e. The predicted octanol–water partition coefficient (Wildman–Crippen LogP) is 1.03. The number of amides is 2. The highest BCUT2D eigenvalue weighted by Gasteiger charge is 2.29. The lowest BCUT2D eigenvalue weighted by Crippen LogP contribution is -2.39. The molecule has 0 radical (unpaired) electrons. The van der Waals surface area contributed by atoms with Crippen molar-refractivity contribution in [2.24, 2.45) is 16.9 Å². The third-order valence-electron chi connectivity index (χ3n) is 3.37. The van der Waals surface area contributed by atoms with E-state index in [1.165, 1.54) is 0 Å². The first-order chi connectivity index (χ1) is 8.91. The Hall–Kier alpha value is -1.88. The van der Waals surface area contributed by atoms with E-state index in [1.54, 1.807) is 24.3 Å². The van der Waals surface area contributed by atoms with Crippen LogP contribution in [0.5, 0.6) is 0 Å². The van der Waals surface area contributed by atoms with Crippen LogP contribution >= 0.6 is 0 Å². The van der Waals surface area contributed by atoms with E-state index in [2.05, 4.69) is 5.32 Å². The number of hydrogen-bond donors (Lipinski definition) is 3. The minimum absolute atomic E-state index is 0.0971. The fraction of sp³-hybridized carbons (Fsp3) is 0.429. The van der Waals surface area contributed by atoms with Gasteiger partial charge >= 0.3 is 0 Å². The van der Waals surface area contributed by atoms with Crippen molar-refractivity contribution in [1.29, 1.82) is 0 Å². The summed E-state index contributed by atoms with van der Waals surface area (Å²) in [5.74, 6) is -0.473. The van der Waals surface area contributed by atoms with Crippen LogP contribution in [0.2, 0.25) is 0 Å². The molecule has 19 heavy (non-hydrogen) atoms. The van der Waals surface area contributed by atoms with E-state index in [4.69, 9.17) is 11.5 Å². The average molecular weight is 263 g/mol. The van der Waals surface area contributed by atoms with Gasteiger partial charge in [0.15, 0.2) is 0 Å². The highest BCUT2D eigenvalue weighted by Crippen LogP contribution is 2.22. The lowest BCUT2D eigenvalue weighted by atomic mass is 9.86. The number of nitrogens with one attached hydrogen (secondary N) is 1. The molecule has 0 aliphatic carbocycles. The zero-order chi connectivity index (χ0) is 14.5. The summed E-state index contributed by atoms with van der Waals surface area (Å²) in [7, 11) is 0. The van der Waals surface area contributed by atoms with Crippen LogP contribution in [0.25, 0.3) is 0 Å². The number of rotatable bonds is 6. The van der Waals surface area contributed by atoms with E-state index in [1.807, 2.05) is 13.8 Å². The average Bonchev–Trinajstić information content (AvgIpc) is 2.39. The molecular formula is C14H21N3O2. The van der Waals surface area contributed by atoms with Crippen molar-refractivity contribution < 1.29 is 9.59 Å². The molecule has 1 atom stereocenters. The number of primary amides is 1. The van der Waals surface area contributed by atoms with E-state index in [0.717, 1.165) is 5.56 Å². The standard InChI is InChI=1S/C14H21N3O2/c1-3-14(2,9-15)13(19)17-11-6-4-10(5-7-11)8-12(16)18/h4-7H,3,8-9,15H2,1-2H3,(H2,16,18)(H,17,19). The first kappa shape index (κ1) is 15.2. The monoisotopic (exact) mass is 263 g/mol. The Balaban J connectivity index is 2.73. The Morgan fingerprint density at radius 3 is 2.26 bits per heavy atom. The molecule has 1 aromatic rings. The molecule has 0 saturated heterocycles. The number of anilines is 1. The van der Waals surface area contributed by atoms with Gasteiger partial charge in [-0.3, -0.25) is 9.59 Å². The second-order valence-electron chi connectivity index (χ2n) is 4.91. The molecule has 2 amide bonds. The van der Waals surface area contributed by atoms with Crippen LogP contribution in [0.1, 0.15) is 25.8 Å². The minimum Gasteiger partial charge on any atom is -0.369 e. The van der Waals surface area contributed by atoms with Crippen molar-refractivity contribution in [2.75, 3.05) is 11.9 Å². The number of nitrogens with two attached hydrogens (primary N) is 2. The number of benzene rings is 1. The Morgan fingerprint density at radius 2 is 1.84 bits per heavy atom. The van der Waals surface area contributed by atoms with E-state index < -0.39 is 5.41 Å². The largest absolute Gasteiger partial charge is 0.369 e. The highest BCUT2D eigenvalue weighted by molar-refractivity contribution is 5.95. The van der Waals surface area contributed by atoms with Gasteiger partial charge in [-0.25, -0.2) is 0 Å². The predicted molar refractivity (Wildman–Crippen MR) is 75.4 cm³/mol. The summed E-state index contributed by atoms with van der Waals surface area (Å²) in [6, 6.07) is 7.05. The van der Waals surface area contributed by atoms with Gasteiger partial charge < -0.3 is 16.8 Å². The maximum absolute atomic E-state index is 12.1. The molecule has 5 heteroatoms. The summed E-state index contributed by atoms with van der Waals surface area (Å²) in [6.07, 6.45) is 0.874. The Morgan fingerprint density at radius 1 is 1.26 bits per heavy atom. The first-order valence-electron chi connectivity index (χ1n) is 6.30. The molecule has 0 aliphatic heterocycles. The first-order valence-corrected chi connectivity index (χ1v) is 6.30. The summed E-state index contributed by atoms with van der Waals surface area (Å²) < 4.78 is 0. The molecule has 1 rings (SSSR count). The molecule has 5 nitrogen and oxygen atoms in total. The van der Waals surface area contributed by atoms with E-state index in [9.17, 15) is 9.59 Å². The minimum atomic E-state index is -0.564. The van der Waals surface area contributed by atoms with Crippen molar-refractivity contribution in [2.45, 2.75) is 26.7 Å². The lowest BCUT2D eigenvalue weighted by Gasteiger charge is -2.24. The van der Waals surface area contributed by atoms with Gasteiger partial charge in [-0.15, -0.1) is 0 Å². The zero-order valence-electron chi connectivity index (χ0n) is 11.4. The van der Waals surface area contributed by atoms with Crippen LogP contribution in [0.4, 0.5) is 5.69 Å². The van der Waals surface area contributed by atoms with Crippen LogP contribution in [0, 0.1) is 5.41 Å². The number of hydrogen-bond acceptors (Lipinski definition) is 3. The summed E-state index contributed by atoms with van der Waals surface area (Å²) in [5, 5.41) is 2.83. The van der Waals surface area contributed by atoms with Crippen molar-refractivity contribution in [3.63, 3.8) is 0 Å². The third-order valence-corrected chi connectivity index (χ3v) is 3.37. The van der Waals surface area contributed by atoms with E-state index in [0.29, 0.717) is 18.7 Å². The van der Waals surface area contributed by atoms with Crippen LogP contribution in [-0.4, -0.2) is 18.4 Å². The van der Waals surface area contributed by atoms with Gasteiger partial charge in [0.25, 0.3) is 0 Å². The third kappa shape index (κ3) is 4.06. The van der Waals surface area contributed by atoms with Gasteiger partial charge in [-0.1, -0.05) is 19.1 Å². The highest BCUT2D eigenvalue weighted by atomic mass is 16.2. The van der Waals surface area contributed by atoms with Crippen molar-refractivity contribution in [1.82, 2.24) is 0 Å². The van der Waals surface area contributed by atoms with Crippen LogP contribution in [0.15, 0.2) is 24.3 Å². The summed E-state index contributed by atoms with van der Waals surface area (Å²) in [5.41, 5.74) is 11.7. The Kier molecular flexibility index (Phi) is 5.06.